The third kappa shape index (κ3) is 3.08. The third-order valence-corrected chi connectivity index (χ3v) is 3.85. The minimum Gasteiger partial charge on any atom is -0.342 e. The first-order chi connectivity index (χ1) is 11.1. The number of nitrogens with zero attached hydrogens (tertiary/aromatic N) is 3. The van der Waals surface area contributed by atoms with Crippen LogP contribution in [0.4, 0.5) is 0 Å². The number of nitrogens with one attached hydrogen (secondary N) is 1. The zero-order valence-electron chi connectivity index (χ0n) is 13.5. The number of amides is 1. The Morgan fingerprint density at radius 3 is 2.70 bits per heavy atom. The summed E-state index contributed by atoms with van der Waals surface area (Å²) < 4.78 is 1.92. The Kier molecular flexibility index (Phi) is 4.10. The van der Waals surface area contributed by atoms with E-state index in [1.165, 1.54) is 0 Å². The second kappa shape index (κ2) is 6.20. The van der Waals surface area contributed by atoms with Gasteiger partial charge in [0.1, 0.15) is 0 Å². The highest BCUT2D eigenvalue weighted by molar-refractivity contribution is 5.94. The molecule has 3 rings (SSSR count). The van der Waals surface area contributed by atoms with E-state index in [-0.39, 0.29) is 17.9 Å². The molecule has 0 aliphatic rings. The number of fused-ring (bicyclic) bond motifs is 1. The van der Waals surface area contributed by atoms with Crippen LogP contribution in [0.5, 0.6) is 0 Å². The Balaban J connectivity index is 1.92. The first-order valence-corrected chi connectivity index (χ1v) is 7.73. The van der Waals surface area contributed by atoms with Gasteiger partial charge in [-0.05, 0) is 37.1 Å². The molecule has 118 valence electrons. The van der Waals surface area contributed by atoms with Crippen LogP contribution >= 0.6 is 0 Å². The zero-order valence-corrected chi connectivity index (χ0v) is 13.5. The first kappa shape index (κ1) is 15.2. The van der Waals surface area contributed by atoms with Gasteiger partial charge < -0.3 is 5.32 Å². The molecule has 0 unspecified atom stereocenters. The van der Waals surface area contributed by atoms with Crippen LogP contribution in [0.25, 0.3) is 5.65 Å². The normalized spacial score (nSPS) is 12.5. The van der Waals surface area contributed by atoms with Crippen molar-refractivity contribution in [1.29, 1.82) is 0 Å². The largest absolute Gasteiger partial charge is 0.342 e. The van der Waals surface area contributed by atoms with Gasteiger partial charge in [0.2, 0.25) is 0 Å². The van der Waals surface area contributed by atoms with Crippen molar-refractivity contribution in [2.24, 2.45) is 5.92 Å². The minimum absolute atomic E-state index is 0.0971. The van der Waals surface area contributed by atoms with Crippen molar-refractivity contribution < 1.29 is 4.79 Å². The Morgan fingerprint density at radius 1 is 1.13 bits per heavy atom. The predicted octanol–water partition coefficient (Wildman–Crippen LogP) is 3.16. The molecule has 0 bridgehead atoms. The van der Waals surface area contributed by atoms with E-state index in [1.54, 1.807) is 0 Å². The fourth-order valence-corrected chi connectivity index (χ4v) is 2.61. The molecule has 3 aromatic rings. The quantitative estimate of drug-likeness (QED) is 0.805. The molecule has 1 atom stereocenters. The molecule has 1 aromatic carbocycles. The fraction of sp³-hybridized carbons (Fsp3) is 0.278. The van der Waals surface area contributed by atoms with E-state index in [2.05, 4.69) is 29.4 Å². The Hall–Kier alpha value is -2.69. The summed E-state index contributed by atoms with van der Waals surface area (Å²) in [7, 11) is 0. The van der Waals surface area contributed by atoms with Gasteiger partial charge in [-0.3, -0.25) is 9.20 Å². The second-order valence-corrected chi connectivity index (χ2v) is 6.05. The molecule has 23 heavy (non-hydrogen) atoms. The molecular formula is C18H20N4O. The van der Waals surface area contributed by atoms with Crippen LogP contribution in [-0.4, -0.2) is 20.5 Å². The molecule has 1 amide bonds. The maximum atomic E-state index is 12.6. The third-order valence-electron chi connectivity index (χ3n) is 3.85. The summed E-state index contributed by atoms with van der Waals surface area (Å²) >= 11 is 0. The predicted molar refractivity (Wildman–Crippen MR) is 89.2 cm³/mol. The molecule has 5 heteroatoms. The van der Waals surface area contributed by atoms with Crippen LogP contribution in [0, 0.1) is 12.8 Å². The molecule has 0 spiro atoms. The summed E-state index contributed by atoms with van der Waals surface area (Å²) in [6.45, 7) is 6.10. The van der Waals surface area contributed by atoms with Crippen LogP contribution in [0.2, 0.25) is 0 Å². The smallest absolute Gasteiger partial charge is 0.251 e. The van der Waals surface area contributed by atoms with Gasteiger partial charge in [-0.2, -0.15) is 0 Å². The molecular weight excluding hydrogens is 288 g/mol. The van der Waals surface area contributed by atoms with Crippen molar-refractivity contribution in [2.45, 2.75) is 26.8 Å². The van der Waals surface area contributed by atoms with E-state index in [4.69, 9.17) is 0 Å². The van der Waals surface area contributed by atoms with Gasteiger partial charge in [-0.1, -0.05) is 37.6 Å². The number of hydrogen-bond acceptors (Lipinski definition) is 3. The van der Waals surface area contributed by atoms with E-state index in [0.29, 0.717) is 5.56 Å². The van der Waals surface area contributed by atoms with Crippen LogP contribution in [-0.2, 0) is 0 Å². The molecule has 0 radical (unpaired) electrons. The van der Waals surface area contributed by atoms with Crippen LogP contribution < -0.4 is 5.32 Å². The number of benzene rings is 1. The first-order valence-electron chi connectivity index (χ1n) is 7.73. The van der Waals surface area contributed by atoms with E-state index in [1.807, 2.05) is 60.0 Å². The highest BCUT2D eigenvalue weighted by Gasteiger charge is 2.24. The highest BCUT2D eigenvalue weighted by Crippen LogP contribution is 2.21. The van der Waals surface area contributed by atoms with Crippen molar-refractivity contribution in [3.8, 4) is 0 Å². The lowest BCUT2D eigenvalue weighted by Crippen LogP contribution is -2.33. The summed E-state index contributed by atoms with van der Waals surface area (Å²) in [5.74, 6) is 0.841. The fourth-order valence-electron chi connectivity index (χ4n) is 2.61. The lowest BCUT2D eigenvalue weighted by Gasteiger charge is -2.21. The molecule has 0 saturated carbocycles. The standard InChI is InChI=1S/C18H20N4O/c1-12(2)16(17-21-20-15-9-4-5-10-22(15)17)19-18(23)14-8-6-7-13(3)11-14/h4-12,16H,1-3H3,(H,19,23)/t16-/m0/s1. The van der Waals surface area contributed by atoms with E-state index in [9.17, 15) is 4.79 Å². The summed E-state index contributed by atoms with van der Waals surface area (Å²) in [5, 5.41) is 11.5. The van der Waals surface area contributed by atoms with Gasteiger partial charge in [0.05, 0.1) is 6.04 Å². The lowest BCUT2D eigenvalue weighted by molar-refractivity contribution is 0.0922. The molecule has 0 fully saturated rings. The van der Waals surface area contributed by atoms with Crippen molar-refractivity contribution in [3.05, 3.63) is 65.6 Å². The van der Waals surface area contributed by atoms with Gasteiger partial charge in [0.25, 0.3) is 5.91 Å². The number of hydrogen-bond donors (Lipinski definition) is 1. The Bertz CT molecular complexity index is 838. The number of aromatic nitrogens is 3. The molecule has 1 N–H and O–H groups in total. The van der Waals surface area contributed by atoms with E-state index in [0.717, 1.165) is 17.0 Å². The molecule has 0 aliphatic carbocycles. The molecule has 0 saturated heterocycles. The number of aryl methyl sites for hydroxylation is 1. The molecule has 2 aromatic heterocycles. The van der Waals surface area contributed by atoms with Crippen LogP contribution in [0.3, 0.4) is 0 Å². The summed E-state index contributed by atoms with van der Waals surface area (Å²) in [6.07, 6.45) is 1.92. The highest BCUT2D eigenvalue weighted by atomic mass is 16.1. The molecule has 0 aliphatic heterocycles. The van der Waals surface area contributed by atoms with Gasteiger partial charge in [-0.15, -0.1) is 10.2 Å². The van der Waals surface area contributed by atoms with E-state index < -0.39 is 0 Å². The van der Waals surface area contributed by atoms with Crippen molar-refractivity contribution in [2.75, 3.05) is 0 Å². The lowest BCUT2D eigenvalue weighted by atomic mass is 10.0. The molecule has 2 heterocycles. The average Bonchev–Trinajstić information content (AvgIpc) is 2.96. The summed E-state index contributed by atoms with van der Waals surface area (Å²) in [5.41, 5.74) is 2.49. The van der Waals surface area contributed by atoms with Gasteiger partial charge in [0, 0.05) is 11.8 Å². The average molecular weight is 308 g/mol. The number of pyridine rings is 1. The van der Waals surface area contributed by atoms with E-state index >= 15 is 0 Å². The minimum atomic E-state index is -0.208. The number of carbonyl (C=O) groups is 1. The summed E-state index contributed by atoms with van der Waals surface area (Å²) in [4.78, 5) is 12.6. The van der Waals surface area contributed by atoms with Gasteiger partial charge in [0.15, 0.2) is 11.5 Å². The second-order valence-electron chi connectivity index (χ2n) is 6.05. The zero-order chi connectivity index (χ0) is 16.4. The Morgan fingerprint density at radius 2 is 1.96 bits per heavy atom. The van der Waals surface area contributed by atoms with Gasteiger partial charge >= 0.3 is 0 Å². The van der Waals surface area contributed by atoms with Crippen LogP contribution in [0.15, 0.2) is 48.7 Å². The number of carbonyl (C=O) groups excluding carboxylic acids is 1. The summed E-state index contributed by atoms with van der Waals surface area (Å²) in [6, 6.07) is 13.1. The SMILES string of the molecule is Cc1cccc(C(=O)N[C@H](c2nnc3ccccn23)C(C)C)c1. The number of rotatable bonds is 4. The Labute approximate surface area is 135 Å². The van der Waals surface area contributed by atoms with Crippen LogP contribution in [0.1, 0.15) is 41.6 Å². The monoisotopic (exact) mass is 308 g/mol. The van der Waals surface area contributed by atoms with Crippen molar-refractivity contribution in [3.63, 3.8) is 0 Å². The van der Waals surface area contributed by atoms with Crippen molar-refractivity contribution in [1.82, 2.24) is 19.9 Å². The molecule has 5 nitrogen and oxygen atoms in total. The van der Waals surface area contributed by atoms with Crippen molar-refractivity contribution >= 4 is 11.6 Å². The topological polar surface area (TPSA) is 59.3 Å². The maximum Gasteiger partial charge on any atom is 0.251 e. The van der Waals surface area contributed by atoms with Gasteiger partial charge in [-0.25, -0.2) is 0 Å². The maximum absolute atomic E-state index is 12.6.